The summed E-state index contributed by atoms with van der Waals surface area (Å²) in [6, 6.07) is 14.2. The smallest absolute Gasteiger partial charge is 0.339 e. The van der Waals surface area contributed by atoms with Crippen molar-refractivity contribution in [2.75, 3.05) is 18.4 Å². The Labute approximate surface area is 210 Å². The lowest BCUT2D eigenvalue weighted by molar-refractivity contribution is -0.137. The first kappa shape index (κ1) is 24.4. The van der Waals surface area contributed by atoms with Crippen LogP contribution >= 0.6 is 0 Å². The number of rotatable bonds is 4. The van der Waals surface area contributed by atoms with Crippen LogP contribution in [-0.4, -0.2) is 44.8 Å². The van der Waals surface area contributed by atoms with Crippen LogP contribution in [0.15, 0.2) is 73.3 Å². The van der Waals surface area contributed by atoms with Gasteiger partial charge in [0.05, 0.1) is 11.1 Å². The molecule has 0 aliphatic carbocycles. The number of hydrogen-bond donors (Lipinski definition) is 1. The van der Waals surface area contributed by atoms with Gasteiger partial charge in [0.1, 0.15) is 12.0 Å². The fourth-order valence-corrected chi connectivity index (χ4v) is 4.48. The Morgan fingerprint density at radius 1 is 0.946 bits per heavy atom. The topological polar surface area (TPSA) is 88.1 Å². The van der Waals surface area contributed by atoms with Crippen LogP contribution in [0.3, 0.4) is 0 Å². The summed E-state index contributed by atoms with van der Waals surface area (Å²) in [4.78, 5) is 39.2. The highest BCUT2D eigenvalue weighted by atomic mass is 19.4. The van der Waals surface area contributed by atoms with E-state index in [2.05, 4.69) is 20.3 Å². The lowest BCUT2D eigenvalue weighted by Crippen LogP contribution is -2.37. The number of pyridine rings is 1. The van der Waals surface area contributed by atoms with Crippen LogP contribution in [0, 0.1) is 0 Å². The van der Waals surface area contributed by atoms with E-state index in [9.17, 15) is 22.8 Å². The quantitative estimate of drug-likeness (QED) is 0.406. The minimum absolute atomic E-state index is 0.0227. The largest absolute Gasteiger partial charge is 0.416 e. The van der Waals surface area contributed by atoms with Crippen LogP contribution in [0.4, 0.5) is 18.9 Å². The molecule has 5 rings (SSSR count). The van der Waals surface area contributed by atoms with Crippen molar-refractivity contribution < 1.29 is 22.8 Å². The number of nitrogens with one attached hydrogen (secondary N) is 1. The first-order chi connectivity index (χ1) is 17.8. The number of fused-ring (bicyclic) bond motifs is 1. The Hall–Kier alpha value is -4.34. The van der Waals surface area contributed by atoms with Crippen molar-refractivity contribution in [2.24, 2.45) is 0 Å². The summed E-state index contributed by atoms with van der Waals surface area (Å²) in [5.74, 6) is -0.486. The third-order valence-corrected chi connectivity index (χ3v) is 6.49. The molecule has 2 aromatic carbocycles. The maximum absolute atomic E-state index is 13.0. The first-order valence-electron chi connectivity index (χ1n) is 11.7. The summed E-state index contributed by atoms with van der Waals surface area (Å²) >= 11 is 0. The SMILES string of the molecule is O=C(Nc1ccc(C2CCN(C(=O)c3ccc4ncncc4c3)CC2)cc1)c1cc(C(F)(F)F)ccn1. The van der Waals surface area contributed by atoms with E-state index in [4.69, 9.17) is 0 Å². The molecule has 0 atom stereocenters. The van der Waals surface area contributed by atoms with Gasteiger partial charge in [-0.25, -0.2) is 9.97 Å². The summed E-state index contributed by atoms with van der Waals surface area (Å²) in [6.07, 6.45) is 1.16. The van der Waals surface area contributed by atoms with Gasteiger partial charge in [-0.3, -0.25) is 14.6 Å². The van der Waals surface area contributed by atoms with E-state index in [-0.39, 0.29) is 17.5 Å². The van der Waals surface area contributed by atoms with E-state index >= 15 is 0 Å². The first-order valence-corrected chi connectivity index (χ1v) is 11.7. The Morgan fingerprint density at radius 2 is 1.70 bits per heavy atom. The van der Waals surface area contributed by atoms with Crippen molar-refractivity contribution in [1.82, 2.24) is 19.9 Å². The van der Waals surface area contributed by atoms with Crippen molar-refractivity contribution in [3.05, 3.63) is 95.7 Å². The normalized spacial score (nSPS) is 14.5. The number of nitrogens with zero attached hydrogens (tertiary/aromatic N) is 4. The molecule has 0 unspecified atom stereocenters. The van der Waals surface area contributed by atoms with Gasteiger partial charge in [-0.2, -0.15) is 13.2 Å². The molecule has 1 aliphatic rings. The second kappa shape index (κ2) is 9.96. The van der Waals surface area contributed by atoms with Crippen LogP contribution in [0.1, 0.15) is 50.7 Å². The molecule has 0 radical (unpaired) electrons. The molecule has 7 nitrogen and oxygen atoms in total. The zero-order valence-electron chi connectivity index (χ0n) is 19.6. The number of likely N-dealkylation sites (tertiary alicyclic amines) is 1. The average Bonchev–Trinajstić information content (AvgIpc) is 2.92. The molecule has 0 bridgehead atoms. The van der Waals surface area contributed by atoms with Gasteiger partial charge in [-0.15, -0.1) is 0 Å². The molecule has 0 spiro atoms. The minimum Gasteiger partial charge on any atom is -0.339 e. The van der Waals surface area contributed by atoms with Gasteiger partial charge >= 0.3 is 6.18 Å². The number of benzene rings is 2. The van der Waals surface area contributed by atoms with Crippen LogP contribution in [0.25, 0.3) is 10.9 Å². The van der Waals surface area contributed by atoms with Crippen LogP contribution in [0.5, 0.6) is 0 Å². The van der Waals surface area contributed by atoms with Crippen LogP contribution in [0.2, 0.25) is 0 Å². The number of carbonyl (C=O) groups is 2. The number of hydrogen-bond acceptors (Lipinski definition) is 5. The number of amides is 2. The number of alkyl halides is 3. The minimum atomic E-state index is -4.55. The molecule has 4 aromatic rings. The van der Waals surface area contributed by atoms with Crippen molar-refractivity contribution in [3.8, 4) is 0 Å². The van der Waals surface area contributed by atoms with E-state index in [0.717, 1.165) is 47.6 Å². The van der Waals surface area contributed by atoms with Crippen molar-refractivity contribution >= 4 is 28.4 Å². The molecule has 1 aliphatic heterocycles. The molecule has 188 valence electrons. The average molecular weight is 506 g/mol. The highest BCUT2D eigenvalue weighted by Crippen LogP contribution is 2.31. The molecule has 2 amide bonds. The van der Waals surface area contributed by atoms with Crippen LogP contribution in [-0.2, 0) is 6.18 Å². The number of halogens is 3. The molecule has 3 heterocycles. The van der Waals surface area contributed by atoms with Gasteiger partial charge in [-0.1, -0.05) is 12.1 Å². The molecule has 0 saturated carbocycles. The van der Waals surface area contributed by atoms with Crippen molar-refractivity contribution in [1.29, 1.82) is 0 Å². The van der Waals surface area contributed by atoms with Gasteiger partial charge in [-0.05, 0) is 66.8 Å². The summed E-state index contributed by atoms with van der Waals surface area (Å²) in [6.45, 7) is 1.24. The number of piperidine rings is 1. The van der Waals surface area contributed by atoms with E-state index in [1.165, 1.54) is 6.33 Å². The highest BCUT2D eigenvalue weighted by molar-refractivity contribution is 6.03. The van der Waals surface area contributed by atoms with Crippen molar-refractivity contribution in [2.45, 2.75) is 24.9 Å². The second-order valence-corrected chi connectivity index (χ2v) is 8.87. The molecule has 10 heteroatoms. The molecule has 1 fully saturated rings. The van der Waals surface area contributed by atoms with E-state index in [1.807, 2.05) is 29.2 Å². The van der Waals surface area contributed by atoms with Gasteiger partial charge in [0, 0.05) is 42.1 Å². The van der Waals surface area contributed by atoms with E-state index in [1.54, 1.807) is 24.4 Å². The number of anilines is 1. The molecule has 1 saturated heterocycles. The third kappa shape index (κ3) is 5.42. The summed E-state index contributed by atoms with van der Waals surface area (Å²) in [5, 5.41) is 3.41. The molecule has 37 heavy (non-hydrogen) atoms. The predicted octanol–water partition coefficient (Wildman–Crippen LogP) is 5.32. The number of carbonyl (C=O) groups excluding carboxylic acids is 2. The van der Waals surface area contributed by atoms with Crippen molar-refractivity contribution in [3.63, 3.8) is 0 Å². The summed E-state index contributed by atoms with van der Waals surface area (Å²) in [5.41, 5.74) is 1.69. The lowest BCUT2D eigenvalue weighted by Gasteiger charge is -2.32. The van der Waals surface area contributed by atoms with Crippen LogP contribution < -0.4 is 5.32 Å². The highest BCUT2D eigenvalue weighted by Gasteiger charge is 2.31. The summed E-state index contributed by atoms with van der Waals surface area (Å²) in [7, 11) is 0. The fraction of sp³-hybridized carbons (Fsp3) is 0.222. The Morgan fingerprint density at radius 3 is 2.43 bits per heavy atom. The third-order valence-electron chi connectivity index (χ3n) is 6.49. The fourth-order valence-electron chi connectivity index (χ4n) is 4.48. The maximum atomic E-state index is 13.0. The standard InChI is InChI=1S/C27H22F3N5O2/c28-27(29,30)21-7-10-32-24(14-21)25(36)34-22-4-1-17(2-5-22)18-8-11-35(12-9-18)26(37)19-3-6-23-20(13-19)15-31-16-33-23/h1-7,10,13-16,18H,8-9,11-12H2,(H,34,36). The van der Waals surface area contributed by atoms with Gasteiger partial charge < -0.3 is 10.2 Å². The Balaban J connectivity index is 1.18. The van der Waals surface area contributed by atoms with Gasteiger partial charge in [0.2, 0.25) is 0 Å². The number of aromatic nitrogens is 3. The van der Waals surface area contributed by atoms with E-state index < -0.39 is 17.6 Å². The molecule has 1 N–H and O–H groups in total. The lowest BCUT2D eigenvalue weighted by atomic mass is 9.89. The van der Waals surface area contributed by atoms with Gasteiger partial charge in [0.15, 0.2) is 0 Å². The predicted molar refractivity (Wildman–Crippen MR) is 131 cm³/mol. The Kier molecular flexibility index (Phi) is 6.56. The second-order valence-electron chi connectivity index (χ2n) is 8.87. The van der Waals surface area contributed by atoms with E-state index in [0.29, 0.717) is 24.3 Å². The molecule has 2 aromatic heterocycles. The Bertz CT molecular complexity index is 1450. The van der Waals surface area contributed by atoms with Gasteiger partial charge in [0.25, 0.3) is 11.8 Å². The summed E-state index contributed by atoms with van der Waals surface area (Å²) < 4.78 is 38.7. The maximum Gasteiger partial charge on any atom is 0.416 e. The zero-order chi connectivity index (χ0) is 26.0. The zero-order valence-corrected chi connectivity index (χ0v) is 19.6. The molecular weight excluding hydrogens is 483 g/mol. The monoisotopic (exact) mass is 505 g/mol. The molecular formula is C27H22F3N5O2.